The molecule has 2 heterocycles. The van der Waals surface area contributed by atoms with Crippen LogP contribution in [-0.4, -0.2) is 32.5 Å². The van der Waals surface area contributed by atoms with Gasteiger partial charge in [-0.15, -0.1) is 0 Å². The monoisotopic (exact) mass is 214 g/mol. The minimum atomic E-state index is 0.456. The van der Waals surface area contributed by atoms with E-state index < -0.39 is 0 Å². The Morgan fingerprint density at radius 2 is 1.27 bits per heavy atom. The van der Waals surface area contributed by atoms with Gasteiger partial charge in [0.1, 0.15) is 0 Å². The molecule has 2 fully saturated rings. The van der Waals surface area contributed by atoms with Crippen LogP contribution in [0, 0.1) is 11.8 Å². The van der Waals surface area contributed by atoms with Crippen LogP contribution in [0.1, 0.15) is 25.7 Å². The molecule has 2 aliphatic rings. The number of hydrogen-bond acceptors (Lipinski definition) is 4. The van der Waals surface area contributed by atoms with Crippen molar-refractivity contribution in [2.45, 2.75) is 31.7 Å². The van der Waals surface area contributed by atoms with E-state index in [-0.39, 0.29) is 0 Å². The van der Waals surface area contributed by atoms with Crippen LogP contribution in [0.15, 0.2) is 0 Å². The van der Waals surface area contributed by atoms with Gasteiger partial charge in [0, 0.05) is 32.5 Å². The Balaban J connectivity index is 1.88. The fraction of sp³-hybridized carbons (Fsp3) is 1.00. The Kier molecular flexibility index (Phi) is 4.38. The third-order valence-electron chi connectivity index (χ3n) is 3.74. The molecule has 4 nitrogen and oxygen atoms in total. The SMILES string of the molecule is NNC(C1CCOCC1)C1CCOCC1. The van der Waals surface area contributed by atoms with Crippen LogP contribution in [0.4, 0.5) is 0 Å². The zero-order chi connectivity index (χ0) is 10.5. The van der Waals surface area contributed by atoms with E-state index >= 15 is 0 Å². The molecule has 0 saturated carbocycles. The highest BCUT2D eigenvalue weighted by Gasteiger charge is 2.30. The summed E-state index contributed by atoms with van der Waals surface area (Å²) in [5.74, 6) is 7.08. The van der Waals surface area contributed by atoms with Gasteiger partial charge in [0.15, 0.2) is 0 Å². The first-order valence-electron chi connectivity index (χ1n) is 6.03. The second-order valence-corrected chi connectivity index (χ2v) is 4.59. The normalized spacial score (nSPS) is 26.0. The maximum absolute atomic E-state index is 5.70. The number of nitrogens with one attached hydrogen (secondary N) is 1. The molecule has 0 amide bonds. The fourth-order valence-corrected chi connectivity index (χ4v) is 2.81. The molecule has 0 bridgehead atoms. The standard InChI is InChI=1S/C11H22N2O2/c12-13-11(9-1-5-14-6-2-9)10-3-7-15-8-4-10/h9-11,13H,1-8,12H2. The molecule has 0 spiro atoms. The van der Waals surface area contributed by atoms with Crippen LogP contribution in [0.25, 0.3) is 0 Å². The van der Waals surface area contributed by atoms with Gasteiger partial charge in [0.2, 0.25) is 0 Å². The summed E-state index contributed by atoms with van der Waals surface area (Å²) in [6, 6.07) is 0.456. The van der Waals surface area contributed by atoms with E-state index in [1.807, 2.05) is 0 Å². The molecule has 0 aromatic rings. The van der Waals surface area contributed by atoms with Crippen LogP contribution in [0.5, 0.6) is 0 Å². The summed E-state index contributed by atoms with van der Waals surface area (Å²) in [5, 5.41) is 0. The minimum absolute atomic E-state index is 0.456. The van der Waals surface area contributed by atoms with E-state index in [0.717, 1.165) is 52.1 Å². The van der Waals surface area contributed by atoms with Crippen LogP contribution in [-0.2, 0) is 9.47 Å². The third-order valence-corrected chi connectivity index (χ3v) is 3.74. The second kappa shape index (κ2) is 5.80. The smallest absolute Gasteiger partial charge is 0.0469 e. The zero-order valence-corrected chi connectivity index (χ0v) is 9.28. The molecule has 2 saturated heterocycles. The molecule has 88 valence electrons. The maximum Gasteiger partial charge on any atom is 0.0469 e. The van der Waals surface area contributed by atoms with Crippen molar-refractivity contribution in [2.24, 2.45) is 17.7 Å². The van der Waals surface area contributed by atoms with Crippen molar-refractivity contribution >= 4 is 0 Å². The molecule has 2 aliphatic heterocycles. The summed E-state index contributed by atoms with van der Waals surface area (Å²) < 4.78 is 10.8. The first-order valence-corrected chi connectivity index (χ1v) is 6.03. The van der Waals surface area contributed by atoms with Crippen molar-refractivity contribution in [2.75, 3.05) is 26.4 Å². The van der Waals surface area contributed by atoms with Gasteiger partial charge in [-0.2, -0.15) is 0 Å². The Morgan fingerprint density at radius 1 is 0.867 bits per heavy atom. The van der Waals surface area contributed by atoms with Crippen LogP contribution in [0.3, 0.4) is 0 Å². The van der Waals surface area contributed by atoms with E-state index in [1.54, 1.807) is 0 Å². The highest BCUT2D eigenvalue weighted by Crippen LogP contribution is 2.28. The van der Waals surface area contributed by atoms with Gasteiger partial charge < -0.3 is 9.47 Å². The molecule has 0 atom stereocenters. The second-order valence-electron chi connectivity index (χ2n) is 4.59. The van der Waals surface area contributed by atoms with Gasteiger partial charge in [0.25, 0.3) is 0 Å². The van der Waals surface area contributed by atoms with Crippen molar-refractivity contribution in [1.29, 1.82) is 0 Å². The number of hydrazine groups is 1. The molecule has 3 N–H and O–H groups in total. The highest BCUT2D eigenvalue weighted by atomic mass is 16.5. The number of hydrogen-bond donors (Lipinski definition) is 2. The molecule has 0 radical (unpaired) electrons. The highest BCUT2D eigenvalue weighted by molar-refractivity contribution is 4.84. The predicted molar refractivity (Wildman–Crippen MR) is 58.2 cm³/mol. The number of nitrogens with two attached hydrogens (primary N) is 1. The fourth-order valence-electron chi connectivity index (χ4n) is 2.81. The summed E-state index contributed by atoms with van der Waals surface area (Å²) in [7, 11) is 0. The van der Waals surface area contributed by atoms with Gasteiger partial charge in [-0.05, 0) is 37.5 Å². The van der Waals surface area contributed by atoms with Gasteiger partial charge in [0.05, 0.1) is 0 Å². The van der Waals surface area contributed by atoms with E-state index in [2.05, 4.69) is 5.43 Å². The Morgan fingerprint density at radius 3 is 1.60 bits per heavy atom. The average Bonchev–Trinajstić information content (AvgIpc) is 2.33. The van der Waals surface area contributed by atoms with Crippen molar-refractivity contribution in [3.8, 4) is 0 Å². The first kappa shape index (κ1) is 11.3. The first-order chi connectivity index (χ1) is 7.42. The quantitative estimate of drug-likeness (QED) is 0.535. The van der Waals surface area contributed by atoms with Crippen LogP contribution >= 0.6 is 0 Å². The molecule has 0 aliphatic carbocycles. The molecular formula is C11H22N2O2. The lowest BCUT2D eigenvalue weighted by atomic mass is 9.80. The largest absolute Gasteiger partial charge is 0.381 e. The molecule has 0 aromatic carbocycles. The molecule has 4 heteroatoms. The molecular weight excluding hydrogens is 192 g/mol. The summed E-state index contributed by atoms with van der Waals surface area (Å²) in [4.78, 5) is 0. The van der Waals surface area contributed by atoms with Crippen LogP contribution < -0.4 is 11.3 Å². The van der Waals surface area contributed by atoms with Crippen molar-refractivity contribution in [3.63, 3.8) is 0 Å². The molecule has 15 heavy (non-hydrogen) atoms. The molecule has 0 unspecified atom stereocenters. The summed E-state index contributed by atoms with van der Waals surface area (Å²) in [5.41, 5.74) is 3.03. The van der Waals surface area contributed by atoms with E-state index in [0.29, 0.717) is 17.9 Å². The number of rotatable bonds is 3. The molecule has 0 aromatic heterocycles. The summed E-state index contributed by atoms with van der Waals surface area (Å²) in [6.45, 7) is 3.58. The molecule has 2 rings (SSSR count). The van der Waals surface area contributed by atoms with Crippen molar-refractivity contribution in [1.82, 2.24) is 5.43 Å². The lowest BCUT2D eigenvalue weighted by molar-refractivity contribution is 0.0138. The average molecular weight is 214 g/mol. The van der Waals surface area contributed by atoms with E-state index in [4.69, 9.17) is 15.3 Å². The minimum Gasteiger partial charge on any atom is -0.381 e. The van der Waals surface area contributed by atoms with E-state index in [1.165, 1.54) is 0 Å². The maximum atomic E-state index is 5.70. The van der Waals surface area contributed by atoms with Gasteiger partial charge in [-0.3, -0.25) is 11.3 Å². The summed E-state index contributed by atoms with van der Waals surface area (Å²) in [6.07, 6.45) is 4.58. The zero-order valence-electron chi connectivity index (χ0n) is 9.28. The van der Waals surface area contributed by atoms with Gasteiger partial charge in [-0.25, -0.2) is 0 Å². The van der Waals surface area contributed by atoms with Crippen molar-refractivity contribution < 1.29 is 9.47 Å². The Bertz CT molecular complexity index is 159. The predicted octanol–water partition coefficient (Wildman–Crippen LogP) is 0.671. The van der Waals surface area contributed by atoms with Crippen LogP contribution in [0.2, 0.25) is 0 Å². The lowest BCUT2D eigenvalue weighted by Gasteiger charge is -2.37. The van der Waals surface area contributed by atoms with Gasteiger partial charge in [-0.1, -0.05) is 0 Å². The van der Waals surface area contributed by atoms with Crippen molar-refractivity contribution in [3.05, 3.63) is 0 Å². The Hall–Kier alpha value is -0.160. The Labute approximate surface area is 91.5 Å². The third kappa shape index (κ3) is 2.91. The van der Waals surface area contributed by atoms with Gasteiger partial charge >= 0.3 is 0 Å². The summed E-state index contributed by atoms with van der Waals surface area (Å²) >= 11 is 0. The number of ether oxygens (including phenoxy) is 2. The lowest BCUT2D eigenvalue weighted by Crippen LogP contribution is -2.49. The van der Waals surface area contributed by atoms with E-state index in [9.17, 15) is 0 Å². The topological polar surface area (TPSA) is 56.5 Å².